The second kappa shape index (κ2) is 12.4. The van der Waals surface area contributed by atoms with E-state index in [2.05, 4.69) is 10.6 Å². The molecule has 1 aliphatic heterocycles. The van der Waals surface area contributed by atoms with Crippen LogP contribution in [-0.4, -0.2) is 63.2 Å². The minimum atomic E-state index is -4.64. The number of piperidine rings is 1. The molecule has 1 saturated heterocycles. The number of amides is 2. The van der Waals surface area contributed by atoms with Crippen molar-refractivity contribution >= 4 is 17.5 Å². The molecule has 2 N–H and O–H groups in total. The molecule has 2 aromatic rings. The molecule has 2 aromatic carbocycles. The lowest BCUT2D eigenvalue weighted by molar-refractivity contribution is -0.137. The molecule has 2 unspecified atom stereocenters. The van der Waals surface area contributed by atoms with Crippen LogP contribution in [0.5, 0.6) is 5.75 Å². The van der Waals surface area contributed by atoms with Gasteiger partial charge in [-0.25, -0.2) is 4.39 Å². The van der Waals surface area contributed by atoms with E-state index in [0.717, 1.165) is 12.1 Å². The number of alkyl halides is 3. The van der Waals surface area contributed by atoms with E-state index >= 15 is 0 Å². The second-order valence-corrected chi connectivity index (χ2v) is 9.08. The number of carbonyl (C=O) groups is 2. The molecule has 0 radical (unpaired) electrons. The van der Waals surface area contributed by atoms with Crippen LogP contribution in [0.1, 0.15) is 36.0 Å². The summed E-state index contributed by atoms with van der Waals surface area (Å²) in [5.74, 6) is -1.72. The van der Waals surface area contributed by atoms with Gasteiger partial charge in [0, 0.05) is 37.4 Å². The number of nitrogens with one attached hydrogen (secondary N) is 2. The third kappa shape index (κ3) is 8.16. The highest BCUT2D eigenvalue weighted by Gasteiger charge is 2.32. The van der Waals surface area contributed by atoms with Gasteiger partial charge in [0.05, 0.1) is 24.5 Å². The first kappa shape index (κ1) is 28.4. The molecule has 202 valence electrons. The van der Waals surface area contributed by atoms with Crippen molar-refractivity contribution in [1.29, 1.82) is 0 Å². The molecular formula is C26H31F4N3O4. The van der Waals surface area contributed by atoms with Gasteiger partial charge < -0.3 is 25.0 Å². The Morgan fingerprint density at radius 2 is 1.95 bits per heavy atom. The van der Waals surface area contributed by atoms with Gasteiger partial charge in [-0.2, -0.15) is 13.2 Å². The van der Waals surface area contributed by atoms with E-state index in [1.54, 1.807) is 20.2 Å². The second-order valence-electron chi connectivity index (χ2n) is 9.08. The average molecular weight is 526 g/mol. The summed E-state index contributed by atoms with van der Waals surface area (Å²) in [6, 6.07) is 7.41. The molecule has 1 fully saturated rings. The molecule has 0 saturated carbocycles. The topological polar surface area (TPSA) is 79.9 Å². The number of hydrogen-bond donors (Lipinski definition) is 2. The summed E-state index contributed by atoms with van der Waals surface area (Å²) in [6.45, 7) is 3.18. The van der Waals surface area contributed by atoms with Crippen molar-refractivity contribution in [3.63, 3.8) is 0 Å². The Bertz CT molecular complexity index is 1110. The van der Waals surface area contributed by atoms with Crippen molar-refractivity contribution in [2.45, 2.75) is 38.0 Å². The monoisotopic (exact) mass is 525 g/mol. The Morgan fingerprint density at radius 1 is 1.19 bits per heavy atom. The molecule has 0 bridgehead atoms. The number of ether oxygens (including phenoxy) is 2. The van der Waals surface area contributed by atoms with Crippen LogP contribution in [0.15, 0.2) is 36.4 Å². The van der Waals surface area contributed by atoms with Crippen LogP contribution in [0, 0.1) is 5.82 Å². The van der Waals surface area contributed by atoms with Crippen molar-refractivity contribution < 1.29 is 36.6 Å². The molecule has 2 amide bonds. The smallest absolute Gasteiger partial charge is 0.416 e. The van der Waals surface area contributed by atoms with Gasteiger partial charge in [0.1, 0.15) is 18.2 Å². The van der Waals surface area contributed by atoms with Crippen LogP contribution in [0.3, 0.4) is 0 Å². The summed E-state index contributed by atoms with van der Waals surface area (Å²) < 4.78 is 66.1. The largest absolute Gasteiger partial charge is 0.492 e. The third-order valence-electron chi connectivity index (χ3n) is 5.92. The standard InChI is InChI=1S/C26H31F4N3O4/c1-4-36-23-14-24(34)31-15-21(23)16-5-6-17(22(27)9-16)10-25(35)32-19-11-18(26(28,29)30)12-20(13-19)37-8-7-33(2)3/h5-6,9,11-13,21,23H,4,7-8,10,14-15H2,1-3H3,(H,31,34)(H,32,35). The van der Waals surface area contributed by atoms with Gasteiger partial charge in [0.25, 0.3) is 0 Å². The molecule has 0 aliphatic carbocycles. The van der Waals surface area contributed by atoms with Gasteiger partial charge in [-0.05, 0) is 50.3 Å². The van der Waals surface area contributed by atoms with Crippen molar-refractivity contribution in [3.05, 3.63) is 58.9 Å². The fourth-order valence-corrected chi connectivity index (χ4v) is 4.05. The van der Waals surface area contributed by atoms with E-state index in [1.165, 1.54) is 18.2 Å². The molecule has 1 aliphatic rings. The van der Waals surface area contributed by atoms with Crippen LogP contribution in [-0.2, 0) is 26.9 Å². The van der Waals surface area contributed by atoms with Crippen LogP contribution >= 0.6 is 0 Å². The van der Waals surface area contributed by atoms with Gasteiger partial charge in [-0.3, -0.25) is 9.59 Å². The van der Waals surface area contributed by atoms with Gasteiger partial charge in [0.2, 0.25) is 11.8 Å². The normalized spacial score (nSPS) is 18.0. The van der Waals surface area contributed by atoms with E-state index in [-0.39, 0.29) is 54.4 Å². The van der Waals surface area contributed by atoms with Crippen LogP contribution in [0.25, 0.3) is 0 Å². The first-order valence-corrected chi connectivity index (χ1v) is 11.9. The fourth-order valence-electron chi connectivity index (χ4n) is 4.05. The number of halogens is 4. The van der Waals surface area contributed by atoms with E-state index < -0.39 is 23.5 Å². The highest BCUT2D eigenvalue weighted by molar-refractivity contribution is 5.92. The maximum atomic E-state index is 14.9. The molecule has 0 spiro atoms. The minimum absolute atomic E-state index is 0.0362. The fraction of sp³-hybridized carbons (Fsp3) is 0.462. The highest BCUT2D eigenvalue weighted by atomic mass is 19.4. The van der Waals surface area contributed by atoms with Crippen molar-refractivity contribution in [2.24, 2.45) is 0 Å². The Kier molecular flexibility index (Phi) is 9.50. The number of carbonyl (C=O) groups excluding carboxylic acids is 2. The van der Waals surface area contributed by atoms with Crippen molar-refractivity contribution in [1.82, 2.24) is 10.2 Å². The third-order valence-corrected chi connectivity index (χ3v) is 5.92. The maximum Gasteiger partial charge on any atom is 0.416 e. The molecule has 2 atom stereocenters. The van der Waals surface area contributed by atoms with Gasteiger partial charge in [0.15, 0.2) is 0 Å². The number of anilines is 1. The number of rotatable bonds is 10. The number of hydrogen-bond acceptors (Lipinski definition) is 5. The lowest BCUT2D eigenvalue weighted by Gasteiger charge is -2.31. The SMILES string of the molecule is CCOC1CC(=O)NCC1c1ccc(CC(=O)Nc2cc(OCCN(C)C)cc(C(F)(F)F)c2)c(F)c1. The summed E-state index contributed by atoms with van der Waals surface area (Å²) in [7, 11) is 3.61. The summed E-state index contributed by atoms with van der Waals surface area (Å²) in [5.41, 5.74) is -0.362. The van der Waals surface area contributed by atoms with Crippen LogP contribution in [0.4, 0.5) is 23.2 Å². The highest BCUT2D eigenvalue weighted by Crippen LogP contribution is 2.34. The summed E-state index contributed by atoms with van der Waals surface area (Å²) >= 11 is 0. The molecule has 37 heavy (non-hydrogen) atoms. The number of likely N-dealkylation sites (N-methyl/N-ethyl adjacent to an activating group) is 1. The Hall–Kier alpha value is -3.18. The number of benzene rings is 2. The zero-order valence-electron chi connectivity index (χ0n) is 21.0. The lowest BCUT2D eigenvalue weighted by Crippen LogP contribution is -2.43. The molecule has 11 heteroatoms. The quantitative estimate of drug-likeness (QED) is 0.459. The average Bonchev–Trinajstić information content (AvgIpc) is 2.80. The predicted molar refractivity (Wildman–Crippen MR) is 130 cm³/mol. The van der Waals surface area contributed by atoms with Crippen molar-refractivity contribution in [2.75, 3.05) is 45.7 Å². The van der Waals surface area contributed by atoms with Crippen molar-refractivity contribution in [3.8, 4) is 5.75 Å². The summed E-state index contributed by atoms with van der Waals surface area (Å²) in [4.78, 5) is 26.1. The van der Waals surface area contributed by atoms with E-state index in [1.807, 2.05) is 11.8 Å². The van der Waals surface area contributed by atoms with Gasteiger partial charge in [-0.15, -0.1) is 0 Å². The summed E-state index contributed by atoms with van der Waals surface area (Å²) in [5, 5.41) is 5.16. The van der Waals surface area contributed by atoms with Crippen LogP contribution in [0.2, 0.25) is 0 Å². The molecule has 3 rings (SSSR count). The Morgan fingerprint density at radius 3 is 2.59 bits per heavy atom. The number of nitrogens with zero attached hydrogens (tertiary/aromatic N) is 1. The maximum absolute atomic E-state index is 14.9. The first-order valence-electron chi connectivity index (χ1n) is 11.9. The Balaban J connectivity index is 1.72. The van der Waals surface area contributed by atoms with E-state index in [0.29, 0.717) is 25.3 Å². The molecule has 1 heterocycles. The Labute approximate surface area is 213 Å². The molecule has 7 nitrogen and oxygen atoms in total. The predicted octanol–water partition coefficient (Wildman–Crippen LogP) is 3.97. The molecule has 0 aromatic heterocycles. The van der Waals surface area contributed by atoms with E-state index in [4.69, 9.17) is 9.47 Å². The lowest BCUT2D eigenvalue weighted by atomic mass is 9.87. The zero-order valence-corrected chi connectivity index (χ0v) is 21.0. The van der Waals surface area contributed by atoms with Crippen LogP contribution < -0.4 is 15.4 Å². The van der Waals surface area contributed by atoms with Gasteiger partial charge in [-0.1, -0.05) is 12.1 Å². The van der Waals surface area contributed by atoms with E-state index in [9.17, 15) is 27.2 Å². The zero-order chi connectivity index (χ0) is 27.2. The summed E-state index contributed by atoms with van der Waals surface area (Å²) in [6.07, 6.45) is -5.24. The molecular weight excluding hydrogens is 494 g/mol. The first-order chi connectivity index (χ1) is 17.5. The minimum Gasteiger partial charge on any atom is -0.492 e. The van der Waals surface area contributed by atoms with Gasteiger partial charge >= 0.3 is 6.18 Å².